The molecule has 0 unspecified atom stereocenters. The molecular weight excluding hydrogens is 198 g/mol. The number of likely N-dealkylation sites (N-methyl/N-ethyl adjacent to an activating group) is 1. The molecule has 1 aromatic carbocycles. The lowest BCUT2D eigenvalue weighted by Gasteiger charge is -2.12. The van der Waals surface area contributed by atoms with Crippen LogP contribution in [0.3, 0.4) is 0 Å². The van der Waals surface area contributed by atoms with Crippen molar-refractivity contribution in [3.63, 3.8) is 0 Å². The molecule has 1 N–H and O–H groups in total. The van der Waals surface area contributed by atoms with Crippen LogP contribution in [0.25, 0.3) is 6.08 Å². The van der Waals surface area contributed by atoms with E-state index in [4.69, 9.17) is 4.74 Å². The summed E-state index contributed by atoms with van der Waals surface area (Å²) in [6, 6.07) is 8.13. The highest BCUT2D eigenvalue weighted by Gasteiger charge is 2.02. The fourth-order valence-corrected chi connectivity index (χ4v) is 1.56. The number of hydrogen-bond donors (Lipinski definition) is 1. The van der Waals surface area contributed by atoms with Gasteiger partial charge in [0.2, 0.25) is 0 Å². The van der Waals surface area contributed by atoms with Gasteiger partial charge in [-0.3, -0.25) is 0 Å². The van der Waals surface area contributed by atoms with Crippen LogP contribution in [0.5, 0.6) is 5.75 Å². The zero-order valence-electron chi connectivity index (χ0n) is 10.6. The molecule has 0 aliphatic carbocycles. The van der Waals surface area contributed by atoms with Crippen molar-refractivity contribution >= 4 is 6.08 Å². The van der Waals surface area contributed by atoms with Crippen molar-refractivity contribution in [2.45, 2.75) is 26.9 Å². The summed E-state index contributed by atoms with van der Waals surface area (Å²) in [5.41, 5.74) is 2.44. The molecule has 0 saturated heterocycles. The first-order valence-corrected chi connectivity index (χ1v) is 5.71. The molecule has 0 radical (unpaired) electrons. The van der Waals surface area contributed by atoms with Crippen molar-refractivity contribution < 1.29 is 4.74 Å². The molecule has 88 valence electrons. The molecule has 1 aromatic rings. The molecule has 0 fully saturated rings. The van der Waals surface area contributed by atoms with Crippen LogP contribution in [-0.2, 0) is 0 Å². The van der Waals surface area contributed by atoms with Gasteiger partial charge in [-0.1, -0.05) is 29.8 Å². The summed E-state index contributed by atoms with van der Waals surface area (Å²) in [7, 11) is 1.95. The quantitative estimate of drug-likeness (QED) is 0.821. The van der Waals surface area contributed by atoms with Crippen molar-refractivity contribution in [3.8, 4) is 5.75 Å². The number of ether oxygens (including phenoxy) is 1. The Kier molecular flexibility index (Phi) is 5.06. The van der Waals surface area contributed by atoms with Gasteiger partial charge in [0.1, 0.15) is 5.75 Å². The molecule has 2 heteroatoms. The Hall–Kier alpha value is -1.28. The molecule has 0 saturated carbocycles. The number of rotatable bonds is 5. The topological polar surface area (TPSA) is 21.3 Å². The third-order valence-electron chi connectivity index (χ3n) is 2.14. The van der Waals surface area contributed by atoms with E-state index in [-0.39, 0.29) is 6.10 Å². The first-order valence-electron chi connectivity index (χ1n) is 5.71. The van der Waals surface area contributed by atoms with E-state index in [2.05, 4.69) is 24.4 Å². The summed E-state index contributed by atoms with van der Waals surface area (Å²) in [5, 5.41) is 3.14. The monoisotopic (exact) mass is 219 g/mol. The van der Waals surface area contributed by atoms with E-state index in [1.165, 1.54) is 5.57 Å². The van der Waals surface area contributed by atoms with Gasteiger partial charge < -0.3 is 10.1 Å². The first-order chi connectivity index (χ1) is 7.63. The van der Waals surface area contributed by atoms with Crippen LogP contribution in [0.1, 0.15) is 26.3 Å². The minimum atomic E-state index is 0.208. The lowest BCUT2D eigenvalue weighted by Crippen LogP contribution is -2.09. The fourth-order valence-electron chi connectivity index (χ4n) is 1.56. The van der Waals surface area contributed by atoms with Crippen molar-refractivity contribution in [1.82, 2.24) is 5.32 Å². The Labute approximate surface area is 98.3 Å². The van der Waals surface area contributed by atoms with E-state index >= 15 is 0 Å². The maximum absolute atomic E-state index is 5.76. The van der Waals surface area contributed by atoms with Crippen LogP contribution in [0.2, 0.25) is 0 Å². The van der Waals surface area contributed by atoms with Crippen LogP contribution < -0.4 is 10.1 Å². The van der Waals surface area contributed by atoms with Crippen LogP contribution >= 0.6 is 0 Å². The van der Waals surface area contributed by atoms with Gasteiger partial charge >= 0.3 is 0 Å². The molecule has 0 atom stereocenters. The van der Waals surface area contributed by atoms with Crippen LogP contribution in [0, 0.1) is 0 Å². The first kappa shape index (κ1) is 12.8. The SMILES string of the molecule is CNCC(C)=Cc1ccccc1OC(C)C. The largest absolute Gasteiger partial charge is 0.490 e. The minimum Gasteiger partial charge on any atom is -0.490 e. The molecular formula is C14H21NO. The summed E-state index contributed by atoms with van der Waals surface area (Å²) >= 11 is 0. The smallest absolute Gasteiger partial charge is 0.126 e. The van der Waals surface area contributed by atoms with E-state index in [0.717, 1.165) is 17.9 Å². The van der Waals surface area contributed by atoms with Gasteiger partial charge in [0.25, 0.3) is 0 Å². The lowest BCUT2D eigenvalue weighted by molar-refractivity contribution is 0.242. The van der Waals surface area contributed by atoms with E-state index < -0.39 is 0 Å². The maximum Gasteiger partial charge on any atom is 0.126 e. The van der Waals surface area contributed by atoms with E-state index in [0.29, 0.717) is 0 Å². The van der Waals surface area contributed by atoms with Crippen molar-refractivity contribution in [2.24, 2.45) is 0 Å². The van der Waals surface area contributed by atoms with Crippen LogP contribution in [0.15, 0.2) is 29.8 Å². The number of nitrogens with one attached hydrogen (secondary N) is 1. The second kappa shape index (κ2) is 6.33. The Morgan fingerprint density at radius 3 is 2.69 bits per heavy atom. The molecule has 0 amide bonds. The van der Waals surface area contributed by atoms with Gasteiger partial charge in [0.15, 0.2) is 0 Å². The highest BCUT2D eigenvalue weighted by molar-refractivity contribution is 5.59. The minimum absolute atomic E-state index is 0.208. The molecule has 0 bridgehead atoms. The van der Waals surface area contributed by atoms with Gasteiger partial charge in [-0.05, 0) is 33.9 Å². The average Bonchev–Trinajstić information content (AvgIpc) is 2.20. The summed E-state index contributed by atoms with van der Waals surface area (Å²) in [5.74, 6) is 0.952. The molecule has 0 spiro atoms. The van der Waals surface area contributed by atoms with E-state index in [1.54, 1.807) is 0 Å². The number of para-hydroxylation sites is 1. The zero-order valence-corrected chi connectivity index (χ0v) is 10.6. The molecule has 1 rings (SSSR count). The van der Waals surface area contributed by atoms with Gasteiger partial charge in [0.05, 0.1) is 6.10 Å². The van der Waals surface area contributed by atoms with Crippen LogP contribution in [-0.4, -0.2) is 19.7 Å². The molecule has 0 aliphatic rings. The van der Waals surface area contributed by atoms with Crippen LogP contribution in [0.4, 0.5) is 0 Å². The summed E-state index contributed by atoms with van der Waals surface area (Å²) in [6.45, 7) is 7.10. The molecule has 0 heterocycles. The number of benzene rings is 1. The van der Waals surface area contributed by atoms with Gasteiger partial charge in [0, 0.05) is 12.1 Å². The Morgan fingerprint density at radius 1 is 1.38 bits per heavy atom. The highest BCUT2D eigenvalue weighted by atomic mass is 16.5. The van der Waals surface area contributed by atoms with Crippen molar-refractivity contribution in [1.29, 1.82) is 0 Å². The van der Waals surface area contributed by atoms with Crippen molar-refractivity contribution in [3.05, 3.63) is 35.4 Å². The second-order valence-electron chi connectivity index (χ2n) is 4.23. The third-order valence-corrected chi connectivity index (χ3v) is 2.14. The highest BCUT2D eigenvalue weighted by Crippen LogP contribution is 2.21. The summed E-state index contributed by atoms with van der Waals surface area (Å²) in [4.78, 5) is 0. The standard InChI is InChI=1S/C14H21NO/c1-11(2)16-14-8-6-5-7-13(14)9-12(3)10-15-4/h5-9,11,15H,10H2,1-4H3. The molecule has 0 aliphatic heterocycles. The van der Waals surface area contributed by atoms with E-state index in [1.807, 2.05) is 39.1 Å². The predicted molar refractivity (Wildman–Crippen MR) is 69.8 cm³/mol. The van der Waals surface area contributed by atoms with Gasteiger partial charge in [-0.2, -0.15) is 0 Å². The van der Waals surface area contributed by atoms with Gasteiger partial charge in [-0.25, -0.2) is 0 Å². The molecule has 16 heavy (non-hydrogen) atoms. The summed E-state index contributed by atoms with van der Waals surface area (Å²) < 4.78 is 5.76. The Balaban J connectivity index is 2.90. The number of hydrogen-bond acceptors (Lipinski definition) is 2. The molecule has 0 aromatic heterocycles. The fraction of sp³-hybridized carbons (Fsp3) is 0.429. The summed E-state index contributed by atoms with van der Waals surface area (Å²) in [6.07, 6.45) is 2.37. The van der Waals surface area contributed by atoms with Crippen molar-refractivity contribution in [2.75, 3.05) is 13.6 Å². The molecule has 2 nitrogen and oxygen atoms in total. The normalized spacial score (nSPS) is 11.9. The predicted octanol–water partition coefficient (Wildman–Crippen LogP) is 3.10. The Morgan fingerprint density at radius 2 is 2.06 bits per heavy atom. The second-order valence-corrected chi connectivity index (χ2v) is 4.23. The lowest BCUT2D eigenvalue weighted by atomic mass is 10.1. The van der Waals surface area contributed by atoms with E-state index in [9.17, 15) is 0 Å². The maximum atomic E-state index is 5.76. The third kappa shape index (κ3) is 4.07. The Bertz CT molecular complexity index is 356. The van der Waals surface area contributed by atoms with Gasteiger partial charge in [-0.15, -0.1) is 0 Å². The average molecular weight is 219 g/mol. The zero-order chi connectivity index (χ0) is 12.0.